The highest BCUT2D eigenvalue weighted by Crippen LogP contribution is 2.38. The Balaban J connectivity index is 2.18. The first-order chi connectivity index (χ1) is 8.11. The first kappa shape index (κ1) is 12.5. The number of hydrogen-bond donors (Lipinski definition) is 0. The van der Waals surface area contributed by atoms with Gasteiger partial charge in [-0.05, 0) is 37.5 Å². The first-order valence-corrected chi connectivity index (χ1v) is 6.26. The zero-order chi connectivity index (χ0) is 12.4. The van der Waals surface area contributed by atoms with Gasteiger partial charge in [0.25, 0.3) is 0 Å². The number of benzene rings is 1. The molecular weight excluding hydrogens is 225 g/mol. The van der Waals surface area contributed by atoms with Crippen molar-refractivity contribution in [3.63, 3.8) is 0 Å². The van der Waals surface area contributed by atoms with Crippen LogP contribution in [0.25, 0.3) is 0 Å². The van der Waals surface area contributed by atoms with E-state index in [1.807, 2.05) is 0 Å². The summed E-state index contributed by atoms with van der Waals surface area (Å²) < 4.78 is 40.0. The third-order valence-corrected chi connectivity index (χ3v) is 3.88. The van der Waals surface area contributed by atoms with Crippen LogP contribution in [0.3, 0.4) is 0 Å². The summed E-state index contributed by atoms with van der Waals surface area (Å²) in [7, 11) is 0. The van der Waals surface area contributed by atoms with E-state index in [0.717, 1.165) is 44.2 Å². The second-order valence-corrected chi connectivity index (χ2v) is 4.91. The minimum atomic E-state index is -0.842. The van der Waals surface area contributed by atoms with Gasteiger partial charge in [-0.3, -0.25) is 0 Å². The molecule has 1 aliphatic rings. The maximum absolute atomic E-state index is 13.6. The van der Waals surface area contributed by atoms with E-state index < -0.39 is 17.5 Å². The summed E-state index contributed by atoms with van der Waals surface area (Å²) in [6.07, 6.45) is 4.76. The molecule has 0 radical (unpaired) electrons. The van der Waals surface area contributed by atoms with Crippen molar-refractivity contribution in [2.75, 3.05) is 0 Å². The Bertz CT molecular complexity index is 369. The van der Waals surface area contributed by atoms with Crippen molar-refractivity contribution in [1.82, 2.24) is 0 Å². The monoisotopic (exact) mass is 242 g/mol. The molecule has 0 amide bonds. The van der Waals surface area contributed by atoms with Crippen LogP contribution in [-0.2, 0) is 0 Å². The van der Waals surface area contributed by atoms with Gasteiger partial charge >= 0.3 is 0 Å². The maximum Gasteiger partial charge on any atom is 0.132 e. The van der Waals surface area contributed by atoms with E-state index in [0.29, 0.717) is 5.92 Å². The van der Waals surface area contributed by atoms with E-state index in [4.69, 9.17) is 0 Å². The lowest BCUT2D eigenvalue weighted by molar-refractivity contribution is 0.309. The molecule has 0 bridgehead atoms. The molecule has 1 fully saturated rings. The zero-order valence-electron chi connectivity index (χ0n) is 9.98. The van der Waals surface area contributed by atoms with Crippen LogP contribution in [0.1, 0.15) is 50.5 Å². The molecule has 17 heavy (non-hydrogen) atoms. The first-order valence-electron chi connectivity index (χ1n) is 6.26. The molecule has 0 aliphatic heterocycles. The van der Waals surface area contributed by atoms with Crippen molar-refractivity contribution in [3.8, 4) is 0 Å². The van der Waals surface area contributed by atoms with E-state index >= 15 is 0 Å². The van der Waals surface area contributed by atoms with Gasteiger partial charge in [-0.2, -0.15) is 0 Å². The zero-order valence-corrected chi connectivity index (χ0v) is 9.98. The highest BCUT2D eigenvalue weighted by atomic mass is 19.1. The number of halogens is 3. The fraction of sp³-hybridized carbons (Fsp3) is 0.571. The topological polar surface area (TPSA) is 0 Å². The molecule has 0 aromatic heterocycles. The Morgan fingerprint density at radius 1 is 1.00 bits per heavy atom. The molecule has 1 aliphatic carbocycles. The molecule has 0 unspecified atom stereocenters. The Hall–Kier alpha value is -0.990. The van der Waals surface area contributed by atoms with Gasteiger partial charge in [0, 0.05) is 17.7 Å². The molecule has 1 saturated carbocycles. The highest BCUT2D eigenvalue weighted by molar-refractivity contribution is 5.25. The number of hydrogen-bond acceptors (Lipinski definition) is 0. The van der Waals surface area contributed by atoms with E-state index in [9.17, 15) is 13.2 Å². The quantitative estimate of drug-likeness (QED) is 0.699. The van der Waals surface area contributed by atoms with Gasteiger partial charge in [-0.1, -0.05) is 13.3 Å². The average Bonchev–Trinajstić information content (AvgIpc) is 2.28. The van der Waals surface area contributed by atoms with Crippen LogP contribution < -0.4 is 0 Å². The Morgan fingerprint density at radius 2 is 1.53 bits per heavy atom. The molecule has 94 valence electrons. The molecule has 0 heterocycles. The van der Waals surface area contributed by atoms with Crippen LogP contribution in [0.4, 0.5) is 13.2 Å². The fourth-order valence-corrected chi connectivity index (χ4v) is 2.80. The van der Waals surface area contributed by atoms with Crippen LogP contribution in [-0.4, -0.2) is 0 Å². The Labute approximate surface area is 99.8 Å². The fourth-order valence-electron chi connectivity index (χ4n) is 2.80. The lowest BCUT2D eigenvalue weighted by atomic mass is 9.77. The molecule has 2 rings (SSSR count). The van der Waals surface area contributed by atoms with Crippen LogP contribution in [0.2, 0.25) is 0 Å². The number of rotatable bonds is 2. The van der Waals surface area contributed by atoms with Gasteiger partial charge in [0.15, 0.2) is 0 Å². The van der Waals surface area contributed by atoms with Crippen LogP contribution in [0.15, 0.2) is 12.1 Å². The molecule has 1 aromatic carbocycles. The molecule has 0 nitrogen and oxygen atoms in total. The lowest BCUT2D eigenvalue weighted by Crippen LogP contribution is -2.15. The standard InChI is InChI=1S/C14H17F3/c1-2-9-3-5-10(6-4-9)14-12(16)7-11(15)8-13(14)17/h7-10H,2-6H2,1H3. The Morgan fingerprint density at radius 3 is 2.00 bits per heavy atom. The lowest BCUT2D eigenvalue weighted by Gasteiger charge is -2.28. The third kappa shape index (κ3) is 2.64. The SMILES string of the molecule is CCC1CCC(c2c(F)cc(F)cc2F)CC1. The predicted molar refractivity (Wildman–Crippen MR) is 61.3 cm³/mol. The summed E-state index contributed by atoms with van der Waals surface area (Å²) in [6.45, 7) is 2.14. The van der Waals surface area contributed by atoms with Gasteiger partial charge in [0.1, 0.15) is 17.5 Å². The maximum atomic E-state index is 13.6. The van der Waals surface area contributed by atoms with Crippen molar-refractivity contribution in [3.05, 3.63) is 35.1 Å². The summed E-state index contributed by atoms with van der Waals surface area (Å²) in [4.78, 5) is 0. The molecule has 0 atom stereocenters. The van der Waals surface area contributed by atoms with Crippen molar-refractivity contribution >= 4 is 0 Å². The van der Waals surface area contributed by atoms with Gasteiger partial charge in [0.2, 0.25) is 0 Å². The van der Waals surface area contributed by atoms with Crippen molar-refractivity contribution < 1.29 is 13.2 Å². The van der Waals surface area contributed by atoms with Crippen molar-refractivity contribution in [2.45, 2.75) is 44.9 Å². The molecular formula is C14H17F3. The van der Waals surface area contributed by atoms with E-state index in [1.54, 1.807) is 0 Å². The Kier molecular flexibility index (Phi) is 3.75. The summed E-state index contributed by atoms with van der Waals surface area (Å²) >= 11 is 0. The van der Waals surface area contributed by atoms with Gasteiger partial charge in [-0.15, -0.1) is 0 Å². The summed E-state index contributed by atoms with van der Waals surface area (Å²) in [5.74, 6) is -1.72. The largest absolute Gasteiger partial charge is 0.207 e. The van der Waals surface area contributed by atoms with Gasteiger partial charge < -0.3 is 0 Å². The summed E-state index contributed by atoms with van der Waals surface area (Å²) in [5, 5.41) is 0. The summed E-state index contributed by atoms with van der Waals surface area (Å²) in [5.41, 5.74) is 0.0842. The molecule has 0 N–H and O–H groups in total. The smallest absolute Gasteiger partial charge is 0.132 e. The average molecular weight is 242 g/mol. The highest BCUT2D eigenvalue weighted by Gasteiger charge is 2.26. The minimum Gasteiger partial charge on any atom is -0.207 e. The van der Waals surface area contributed by atoms with Gasteiger partial charge in [-0.25, -0.2) is 13.2 Å². The minimum absolute atomic E-state index is 0.0842. The van der Waals surface area contributed by atoms with Crippen LogP contribution in [0.5, 0.6) is 0 Å². The van der Waals surface area contributed by atoms with Crippen LogP contribution in [0, 0.1) is 23.4 Å². The van der Waals surface area contributed by atoms with E-state index in [1.165, 1.54) is 0 Å². The second-order valence-electron chi connectivity index (χ2n) is 4.91. The summed E-state index contributed by atoms with van der Waals surface area (Å²) in [6, 6.07) is 1.56. The van der Waals surface area contributed by atoms with Gasteiger partial charge in [0.05, 0.1) is 0 Å². The third-order valence-electron chi connectivity index (χ3n) is 3.88. The van der Waals surface area contributed by atoms with E-state index in [2.05, 4.69) is 6.92 Å². The second kappa shape index (κ2) is 5.11. The van der Waals surface area contributed by atoms with Crippen molar-refractivity contribution in [2.24, 2.45) is 5.92 Å². The van der Waals surface area contributed by atoms with Crippen LogP contribution >= 0.6 is 0 Å². The molecule has 0 saturated heterocycles. The normalized spacial score (nSPS) is 24.9. The molecule has 1 aromatic rings. The van der Waals surface area contributed by atoms with Crippen molar-refractivity contribution in [1.29, 1.82) is 0 Å². The van der Waals surface area contributed by atoms with E-state index in [-0.39, 0.29) is 11.5 Å². The molecule has 3 heteroatoms. The molecule has 0 spiro atoms. The predicted octanol–water partition coefficient (Wildman–Crippen LogP) is 4.79.